The largest absolute Gasteiger partial charge is 0.339 e. The number of hydrogen-bond donors (Lipinski definition) is 0. The molecule has 0 atom stereocenters. The van der Waals surface area contributed by atoms with Crippen LogP contribution in [0.3, 0.4) is 0 Å². The zero-order valence-electron chi connectivity index (χ0n) is 13.0. The predicted octanol–water partition coefficient (Wildman–Crippen LogP) is 4.73. The second kappa shape index (κ2) is 7.37. The van der Waals surface area contributed by atoms with Gasteiger partial charge < -0.3 is 4.90 Å². The summed E-state index contributed by atoms with van der Waals surface area (Å²) in [4.78, 5) is 26.9. The zero-order chi connectivity index (χ0) is 17.1. The molecule has 0 aliphatic carbocycles. The first-order chi connectivity index (χ1) is 11.6. The molecule has 124 valence electrons. The van der Waals surface area contributed by atoms with Crippen molar-refractivity contribution < 1.29 is 9.59 Å². The van der Waals surface area contributed by atoms with Crippen LogP contribution in [0.25, 0.3) is 0 Å². The monoisotopic (exact) mass is 361 g/mol. The van der Waals surface area contributed by atoms with Crippen LogP contribution in [0.1, 0.15) is 33.6 Å². The predicted molar refractivity (Wildman–Crippen MR) is 95.9 cm³/mol. The first-order valence-corrected chi connectivity index (χ1v) is 8.66. The second-order valence-corrected chi connectivity index (χ2v) is 6.68. The topological polar surface area (TPSA) is 37.4 Å². The molecule has 0 radical (unpaired) electrons. The van der Waals surface area contributed by atoms with E-state index in [1.54, 1.807) is 23.1 Å². The van der Waals surface area contributed by atoms with Gasteiger partial charge in [-0.1, -0.05) is 59.6 Å². The van der Waals surface area contributed by atoms with Gasteiger partial charge >= 0.3 is 0 Å². The van der Waals surface area contributed by atoms with Gasteiger partial charge in [-0.3, -0.25) is 9.59 Å². The number of hydrogen-bond acceptors (Lipinski definition) is 2. The summed E-state index contributed by atoms with van der Waals surface area (Å²) < 4.78 is 0. The molecular weight excluding hydrogens is 345 g/mol. The number of amides is 1. The van der Waals surface area contributed by atoms with Crippen molar-refractivity contribution in [2.45, 2.75) is 12.8 Å². The van der Waals surface area contributed by atoms with E-state index in [0.29, 0.717) is 36.5 Å². The molecule has 1 amide bonds. The number of halogens is 2. The number of nitrogens with zero attached hydrogens (tertiary/aromatic N) is 1. The number of Topliss-reactive ketones (excluding diaryl/α,β-unsaturated/α-hetero) is 1. The molecule has 3 rings (SSSR count). The maximum Gasteiger partial charge on any atom is 0.255 e. The molecule has 1 aliphatic heterocycles. The number of rotatable bonds is 3. The summed E-state index contributed by atoms with van der Waals surface area (Å²) in [7, 11) is 0. The van der Waals surface area contributed by atoms with E-state index in [0.717, 1.165) is 5.56 Å². The first kappa shape index (κ1) is 17.0. The molecule has 1 fully saturated rings. The maximum atomic E-state index is 12.6. The van der Waals surface area contributed by atoms with Gasteiger partial charge in [-0.2, -0.15) is 0 Å². The molecule has 0 bridgehead atoms. The Balaban J connectivity index is 1.66. The van der Waals surface area contributed by atoms with Gasteiger partial charge in [0.1, 0.15) is 0 Å². The quantitative estimate of drug-likeness (QED) is 0.741. The van der Waals surface area contributed by atoms with E-state index < -0.39 is 0 Å². The third-order valence-corrected chi connectivity index (χ3v) is 5.21. The molecule has 0 aromatic heterocycles. The van der Waals surface area contributed by atoms with E-state index in [1.807, 2.05) is 30.3 Å². The van der Waals surface area contributed by atoms with Crippen LogP contribution in [0.4, 0.5) is 0 Å². The molecule has 24 heavy (non-hydrogen) atoms. The molecule has 0 unspecified atom stereocenters. The maximum absolute atomic E-state index is 12.6. The number of carbonyl (C=O) groups is 2. The van der Waals surface area contributed by atoms with Crippen LogP contribution in [0.15, 0.2) is 48.5 Å². The van der Waals surface area contributed by atoms with Gasteiger partial charge in [0, 0.05) is 24.6 Å². The summed E-state index contributed by atoms with van der Waals surface area (Å²) in [5, 5.41) is 0.656. The molecule has 0 spiro atoms. The van der Waals surface area contributed by atoms with Crippen LogP contribution in [0, 0.1) is 5.92 Å². The number of carbonyl (C=O) groups excluding carboxylic acids is 2. The highest BCUT2D eigenvalue weighted by molar-refractivity contribution is 6.43. The fraction of sp³-hybridized carbons (Fsp3) is 0.263. The van der Waals surface area contributed by atoms with E-state index in [2.05, 4.69) is 0 Å². The highest BCUT2D eigenvalue weighted by atomic mass is 35.5. The van der Waals surface area contributed by atoms with Gasteiger partial charge in [-0.15, -0.1) is 0 Å². The summed E-state index contributed by atoms with van der Waals surface area (Å²) in [6.07, 6.45) is 1.33. The summed E-state index contributed by atoms with van der Waals surface area (Å²) in [5.41, 5.74) is 1.15. The smallest absolute Gasteiger partial charge is 0.255 e. The van der Waals surface area contributed by atoms with E-state index in [1.165, 1.54) is 0 Å². The molecule has 1 aliphatic rings. The van der Waals surface area contributed by atoms with Crippen molar-refractivity contribution in [1.29, 1.82) is 0 Å². The Hall–Kier alpha value is -1.84. The Bertz CT molecular complexity index is 753. The SMILES string of the molecule is O=C(c1ccccc1)C1CCN(C(=O)c2cccc(Cl)c2Cl)CC1. The standard InChI is InChI=1S/C19H17Cl2NO2/c20-16-8-4-7-15(17(16)21)19(24)22-11-9-14(10-12-22)18(23)13-5-2-1-3-6-13/h1-8,14H,9-12H2. The average molecular weight is 362 g/mol. The third-order valence-electron chi connectivity index (χ3n) is 4.39. The van der Waals surface area contributed by atoms with E-state index in [4.69, 9.17) is 23.2 Å². The van der Waals surface area contributed by atoms with Crippen molar-refractivity contribution in [3.05, 3.63) is 69.7 Å². The Morgan fingerprint density at radius 1 is 0.917 bits per heavy atom. The minimum absolute atomic E-state index is 0.0358. The van der Waals surface area contributed by atoms with Crippen molar-refractivity contribution in [3.63, 3.8) is 0 Å². The van der Waals surface area contributed by atoms with Crippen molar-refractivity contribution in [2.24, 2.45) is 5.92 Å². The lowest BCUT2D eigenvalue weighted by molar-refractivity contribution is 0.0650. The van der Waals surface area contributed by atoms with E-state index in [-0.39, 0.29) is 22.6 Å². The van der Waals surface area contributed by atoms with Crippen LogP contribution >= 0.6 is 23.2 Å². The number of benzene rings is 2. The van der Waals surface area contributed by atoms with Crippen molar-refractivity contribution >= 4 is 34.9 Å². The Morgan fingerprint density at radius 3 is 2.25 bits per heavy atom. The van der Waals surface area contributed by atoms with Gasteiger partial charge in [0.05, 0.1) is 15.6 Å². The van der Waals surface area contributed by atoms with Gasteiger partial charge in [-0.25, -0.2) is 0 Å². The summed E-state index contributed by atoms with van der Waals surface area (Å²) in [6.45, 7) is 1.09. The molecule has 0 saturated carbocycles. The summed E-state index contributed by atoms with van der Waals surface area (Å²) >= 11 is 12.1. The molecule has 0 N–H and O–H groups in total. The Morgan fingerprint density at radius 2 is 1.58 bits per heavy atom. The fourth-order valence-electron chi connectivity index (χ4n) is 3.02. The molecular formula is C19H17Cl2NO2. The molecule has 2 aromatic carbocycles. The van der Waals surface area contributed by atoms with Crippen molar-refractivity contribution in [1.82, 2.24) is 4.90 Å². The molecule has 1 saturated heterocycles. The van der Waals surface area contributed by atoms with Crippen molar-refractivity contribution in [3.8, 4) is 0 Å². The van der Waals surface area contributed by atoms with Crippen LogP contribution < -0.4 is 0 Å². The fourth-order valence-corrected chi connectivity index (χ4v) is 3.40. The van der Waals surface area contributed by atoms with Crippen LogP contribution in [-0.4, -0.2) is 29.7 Å². The second-order valence-electron chi connectivity index (χ2n) is 5.90. The lowest BCUT2D eigenvalue weighted by Crippen LogP contribution is -2.40. The zero-order valence-corrected chi connectivity index (χ0v) is 14.6. The molecule has 2 aromatic rings. The average Bonchev–Trinajstić information content (AvgIpc) is 2.64. The normalized spacial score (nSPS) is 15.3. The molecule has 5 heteroatoms. The van der Waals surface area contributed by atoms with Gasteiger partial charge in [0.15, 0.2) is 5.78 Å². The van der Waals surface area contributed by atoms with Crippen LogP contribution in [0.5, 0.6) is 0 Å². The molecule has 1 heterocycles. The third kappa shape index (κ3) is 3.47. The first-order valence-electron chi connectivity index (χ1n) is 7.90. The van der Waals surface area contributed by atoms with E-state index in [9.17, 15) is 9.59 Å². The van der Waals surface area contributed by atoms with Crippen LogP contribution in [0.2, 0.25) is 10.0 Å². The lowest BCUT2D eigenvalue weighted by Gasteiger charge is -2.31. The van der Waals surface area contributed by atoms with Gasteiger partial charge in [0.2, 0.25) is 0 Å². The number of likely N-dealkylation sites (tertiary alicyclic amines) is 1. The minimum atomic E-state index is -0.131. The summed E-state index contributed by atoms with van der Waals surface area (Å²) in [6, 6.07) is 14.4. The summed E-state index contributed by atoms with van der Waals surface area (Å²) in [5.74, 6) is -0.0112. The van der Waals surface area contributed by atoms with E-state index >= 15 is 0 Å². The van der Waals surface area contributed by atoms with Crippen molar-refractivity contribution in [2.75, 3.05) is 13.1 Å². The number of ketones is 1. The lowest BCUT2D eigenvalue weighted by atomic mass is 9.88. The minimum Gasteiger partial charge on any atom is -0.339 e. The van der Waals surface area contributed by atoms with Gasteiger partial charge in [0.25, 0.3) is 5.91 Å². The highest BCUT2D eigenvalue weighted by Gasteiger charge is 2.29. The number of piperidine rings is 1. The Kier molecular flexibility index (Phi) is 5.22. The Labute approximate surface area is 151 Å². The highest BCUT2D eigenvalue weighted by Crippen LogP contribution is 2.28. The van der Waals surface area contributed by atoms with Crippen LogP contribution in [-0.2, 0) is 0 Å². The molecule has 3 nitrogen and oxygen atoms in total. The van der Waals surface area contributed by atoms with Gasteiger partial charge in [-0.05, 0) is 25.0 Å².